The first kappa shape index (κ1) is 22.5. The molecule has 0 N–H and O–H groups in total. The lowest BCUT2D eigenvalue weighted by Crippen LogP contribution is -2.39. The fourth-order valence-corrected chi connectivity index (χ4v) is 3.04. The number of benzene rings is 1. The summed E-state index contributed by atoms with van der Waals surface area (Å²) in [5.74, 6) is 2.87. The van der Waals surface area contributed by atoms with Crippen LogP contribution in [0.5, 0.6) is 17.2 Å². The molecule has 1 aromatic heterocycles. The Balaban J connectivity index is 2.17. The zero-order chi connectivity index (χ0) is 21.6. The van der Waals surface area contributed by atoms with Gasteiger partial charge in [0.2, 0.25) is 23.4 Å². The Morgan fingerprint density at radius 3 is 2.17 bits per heavy atom. The largest absolute Gasteiger partial charge is 0.493 e. The van der Waals surface area contributed by atoms with E-state index in [9.17, 15) is 4.79 Å². The van der Waals surface area contributed by atoms with Gasteiger partial charge in [0.15, 0.2) is 11.5 Å². The average molecular weight is 405 g/mol. The zero-order valence-corrected chi connectivity index (χ0v) is 18.3. The van der Waals surface area contributed by atoms with Gasteiger partial charge >= 0.3 is 0 Å². The third kappa shape index (κ3) is 5.62. The summed E-state index contributed by atoms with van der Waals surface area (Å²) in [5.41, 5.74) is 0.686. The van der Waals surface area contributed by atoms with Crippen LogP contribution in [0.25, 0.3) is 11.4 Å². The Morgan fingerprint density at radius 1 is 1.07 bits per heavy atom. The molecular formula is C21H31N3O5. The van der Waals surface area contributed by atoms with Gasteiger partial charge in [-0.2, -0.15) is 4.98 Å². The molecule has 0 saturated heterocycles. The molecule has 8 nitrogen and oxygen atoms in total. The van der Waals surface area contributed by atoms with E-state index in [0.717, 1.165) is 0 Å². The highest BCUT2D eigenvalue weighted by molar-refractivity contribution is 5.76. The summed E-state index contributed by atoms with van der Waals surface area (Å²) < 4.78 is 21.5. The van der Waals surface area contributed by atoms with Gasteiger partial charge in [0.25, 0.3) is 0 Å². The minimum atomic E-state index is 0.110. The summed E-state index contributed by atoms with van der Waals surface area (Å²) in [6.45, 7) is 8.62. The van der Waals surface area contributed by atoms with E-state index in [4.69, 9.17) is 18.7 Å². The van der Waals surface area contributed by atoms with Crippen LogP contribution in [-0.2, 0) is 11.2 Å². The third-order valence-electron chi connectivity index (χ3n) is 4.48. The van der Waals surface area contributed by atoms with Crippen molar-refractivity contribution in [2.24, 2.45) is 5.92 Å². The molecule has 0 fully saturated rings. The molecule has 2 rings (SSSR count). The lowest BCUT2D eigenvalue weighted by atomic mass is 10.1. The van der Waals surface area contributed by atoms with Gasteiger partial charge in [-0.1, -0.05) is 19.0 Å². The quantitative estimate of drug-likeness (QED) is 0.597. The number of carbonyl (C=O) groups excluding carboxylic acids is 1. The van der Waals surface area contributed by atoms with Crippen LogP contribution in [0.15, 0.2) is 16.7 Å². The van der Waals surface area contributed by atoms with Gasteiger partial charge in [0.05, 0.1) is 21.3 Å². The van der Waals surface area contributed by atoms with E-state index in [0.29, 0.717) is 59.8 Å². The van der Waals surface area contributed by atoms with Crippen molar-refractivity contribution in [2.45, 2.75) is 46.6 Å². The smallest absolute Gasteiger partial charge is 0.228 e. The van der Waals surface area contributed by atoms with Gasteiger partial charge in [-0.25, -0.2) is 0 Å². The van der Waals surface area contributed by atoms with E-state index in [1.165, 1.54) is 0 Å². The van der Waals surface area contributed by atoms with Crippen LogP contribution < -0.4 is 14.2 Å². The summed E-state index contributed by atoms with van der Waals surface area (Å²) in [6, 6.07) is 3.64. The fourth-order valence-electron chi connectivity index (χ4n) is 3.04. The van der Waals surface area contributed by atoms with Crippen LogP contribution in [0.3, 0.4) is 0 Å². The number of amides is 1. The van der Waals surface area contributed by atoms with Gasteiger partial charge < -0.3 is 23.6 Å². The van der Waals surface area contributed by atoms with Crippen molar-refractivity contribution in [3.63, 3.8) is 0 Å². The van der Waals surface area contributed by atoms with Crippen LogP contribution in [0, 0.1) is 5.92 Å². The number of ether oxygens (including phenoxy) is 3. The molecule has 0 saturated carbocycles. The summed E-state index contributed by atoms with van der Waals surface area (Å²) in [7, 11) is 4.66. The number of rotatable bonds is 10. The Hall–Kier alpha value is -2.77. The highest BCUT2D eigenvalue weighted by Gasteiger charge is 2.20. The molecule has 0 bridgehead atoms. The Bertz CT molecular complexity index is 791. The number of methoxy groups -OCH3 is 3. The molecular weight excluding hydrogens is 374 g/mol. The van der Waals surface area contributed by atoms with Crippen molar-refractivity contribution in [2.75, 3.05) is 27.9 Å². The first-order chi connectivity index (χ1) is 13.8. The predicted octanol–water partition coefficient (Wildman–Crippen LogP) is 3.59. The van der Waals surface area contributed by atoms with E-state index >= 15 is 0 Å². The molecule has 0 aliphatic carbocycles. The van der Waals surface area contributed by atoms with E-state index in [1.807, 2.05) is 32.6 Å². The van der Waals surface area contributed by atoms with Gasteiger partial charge in [-0.05, 0) is 31.9 Å². The van der Waals surface area contributed by atoms with Crippen LogP contribution in [-0.4, -0.2) is 54.9 Å². The van der Waals surface area contributed by atoms with E-state index in [1.54, 1.807) is 33.5 Å². The lowest BCUT2D eigenvalue weighted by molar-refractivity contribution is -0.133. The highest BCUT2D eigenvalue weighted by Crippen LogP contribution is 2.40. The zero-order valence-electron chi connectivity index (χ0n) is 18.3. The molecule has 0 radical (unpaired) electrons. The first-order valence-corrected chi connectivity index (χ1v) is 9.73. The number of carbonyl (C=O) groups is 1. The van der Waals surface area contributed by atoms with Crippen molar-refractivity contribution in [1.82, 2.24) is 15.0 Å². The first-order valence-electron chi connectivity index (χ1n) is 9.73. The maximum absolute atomic E-state index is 12.5. The summed E-state index contributed by atoms with van der Waals surface area (Å²) in [6.07, 6.45) is 1.01. The maximum Gasteiger partial charge on any atom is 0.228 e. The van der Waals surface area contributed by atoms with Gasteiger partial charge in [0.1, 0.15) is 0 Å². The van der Waals surface area contributed by atoms with Crippen molar-refractivity contribution in [1.29, 1.82) is 0 Å². The molecule has 0 unspecified atom stereocenters. The SMILES string of the molecule is COc1cc(-c2noc(CCN(C(=O)CC(C)C)C(C)C)n2)cc(OC)c1OC. The molecule has 0 atom stereocenters. The van der Waals surface area contributed by atoms with Crippen LogP contribution in [0.2, 0.25) is 0 Å². The van der Waals surface area contributed by atoms with Crippen molar-refractivity contribution >= 4 is 5.91 Å². The molecule has 0 spiro atoms. The summed E-state index contributed by atoms with van der Waals surface area (Å²) in [4.78, 5) is 18.8. The number of hydrogen-bond donors (Lipinski definition) is 0. The average Bonchev–Trinajstić information content (AvgIpc) is 3.15. The van der Waals surface area contributed by atoms with Gasteiger partial charge in [-0.3, -0.25) is 4.79 Å². The highest BCUT2D eigenvalue weighted by atomic mass is 16.5. The number of nitrogens with zero attached hydrogens (tertiary/aromatic N) is 3. The second kappa shape index (κ2) is 10.1. The maximum atomic E-state index is 12.5. The van der Waals surface area contributed by atoms with E-state index in [2.05, 4.69) is 10.1 Å². The molecule has 8 heteroatoms. The minimum absolute atomic E-state index is 0.110. The Labute approximate surface area is 172 Å². The lowest BCUT2D eigenvalue weighted by Gasteiger charge is -2.27. The minimum Gasteiger partial charge on any atom is -0.493 e. The monoisotopic (exact) mass is 405 g/mol. The summed E-state index contributed by atoms with van der Waals surface area (Å²) >= 11 is 0. The third-order valence-corrected chi connectivity index (χ3v) is 4.48. The molecule has 1 aromatic carbocycles. The van der Waals surface area contributed by atoms with Crippen LogP contribution in [0.4, 0.5) is 0 Å². The fraction of sp³-hybridized carbons (Fsp3) is 0.571. The Kier molecular flexibility index (Phi) is 7.87. The normalized spacial score (nSPS) is 11.1. The van der Waals surface area contributed by atoms with Gasteiger partial charge in [-0.15, -0.1) is 0 Å². The van der Waals surface area contributed by atoms with E-state index in [-0.39, 0.29) is 11.9 Å². The standard InChI is InChI=1S/C21H31N3O5/c1-13(2)10-19(25)24(14(3)4)9-8-18-22-21(23-29-18)15-11-16(26-5)20(28-7)17(12-15)27-6/h11-14H,8-10H2,1-7H3. The second-order valence-corrected chi connectivity index (χ2v) is 7.45. The predicted molar refractivity (Wildman–Crippen MR) is 109 cm³/mol. The van der Waals surface area contributed by atoms with Crippen molar-refractivity contribution < 1.29 is 23.5 Å². The summed E-state index contributed by atoms with van der Waals surface area (Å²) in [5, 5.41) is 4.07. The number of hydrogen-bond acceptors (Lipinski definition) is 7. The molecule has 0 aliphatic heterocycles. The molecule has 0 aliphatic rings. The van der Waals surface area contributed by atoms with Crippen LogP contribution >= 0.6 is 0 Å². The van der Waals surface area contributed by atoms with Crippen molar-refractivity contribution in [3.8, 4) is 28.6 Å². The van der Waals surface area contributed by atoms with Gasteiger partial charge in [0, 0.05) is 31.0 Å². The molecule has 160 valence electrons. The van der Waals surface area contributed by atoms with E-state index < -0.39 is 0 Å². The topological polar surface area (TPSA) is 86.9 Å². The second-order valence-electron chi connectivity index (χ2n) is 7.45. The molecule has 1 amide bonds. The van der Waals surface area contributed by atoms with Crippen molar-refractivity contribution in [3.05, 3.63) is 18.0 Å². The molecule has 29 heavy (non-hydrogen) atoms. The Morgan fingerprint density at radius 2 is 1.69 bits per heavy atom. The number of aromatic nitrogens is 2. The molecule has 2 aromatic rings. The molecule has 1 heterocycles. The van der Waals surface area contributed by atoms with Crippen LogP contribution in [0.1, 0.15) is 40.0 Å².